The van der Waals surface area contributed by atoms with E-state index in [0.29, 0.717) is 11.5 Å². The molecule has 1 aliphatic heterocycles. The quantitative estimate of drug-likeness (QED) is 0.883. The maximum atomic E-state index is 3.69. The minimum absolute atomic E-state index is 0.220. The first-order valence-corrected chi connectivity index (χ1v) is 7.72. The Morgan fingerprint density at radius 3 is 2.72 bits per heavy atom. The fraction of sp³-hybridized carbons (Fsp3) is 0.733. The van der Waals surface area contributed by atoms with E-state index < -0.39 is 0 Å². The molecule has 0 bridgehead atoms. The lowest BCUT2D eigenvalue weighted by molar-refractivity contribution is 0.0273. The van der Waals surface area contributed by atoms with Gasteiger partial charge in [0.05, 0.1) is 0 Å². The molecular formula is C15H26N2S. The highest BCUT2D eigenvalue weighted by Crippen LogP contribution is 2.30. The maximum Gasteiger partial charge on any atom is 0.0273 e. The van der Waals surface area contributed by atoms with Crippen molar-refractivity contribution >= 4 is 11.3 Å². The highest BCUT2D eigenvalue weighted by molar-refractivity contribution is 7.07. The Balaban J connectivity index is 2.14. The molecule has 0 spiro atoms. The van der Waals surface area contributed by atoms with E-state index in [1.54, 1.807) is 11.3 Å². The Morgan fingerprint density at radius 2 is 2.17 bits per heavy atom. The fourth-order valence-electron chi connectivity index (χ4n) is 2.81. The molecule has 2 rings (SSSR count). The predicted molar refractivity (Wildman–Crippen MR) is 80.1 cm³/mol. The van der Waals surface area contributed by atoms with Crippen LogP contribution in [0.4, 0.5) is 0 Å². The fourth-order valence-corrected chi connectivity index (χ4v) is 3.47. The molecule has 2 nitrogen and oxygen atoms in total. The number of piperazine rings is 1. The molecule has 3 heteroatoms. The highest BCUT2D eigenvalue weighted by Gasteiger charge is 2.38. The van der Waals surface area contributed by atoms with Crippen LogP contribution in [0.25, 0.3) is 0 Å². The van der Waals surface area contributed by atoms with Crippen molar-refractivity contribution in [2.75, 3.05) is 13.1 Å². The number of nitrogens with zero attached hydrogens (tertiary/aromatic N) is 1. The van der Waals surface area contributed by atoms with E-state index in [1.807, 2.05) is 0 Å². The van der Waals surface area contributed by atoms with E-state index in [4.69, 9.17) is 0 Å². The summed E-state index contributed by atoms with van der Waals surface area (Å²) in [5, 5.41) is 8.13. The summed E-state index contributed by atoms with van der Waals surface area (Å²) in [6, 6.07) is 2.85. The van der Waals surface area contributed by atoms with Gasteiger partial charge in [0.1, 0.15) is 0 Å². The van der Waals surface area contributed by atoms with Crippen molar-refractivity contribution in [1.29, 1.82) is 0 Å². The van der Waals surface area contributed by atoms with Crippen LogP contribution < -0.4 is 5.32 Å². The molecule has 1 aromatic rings. The van der Waals surface area contributed by atoms with Gasteiger partial charge in [-0.05, 0) is 41.7 Å². The minimum Gasteiger partial charge on any atom is -0.309 e. The van der Waals surface area contributed by atoms with Crippen LogP contribution in [0.2, 0.25) is 0 Å². The largest absolute Gasteiger partial charge is 0.309 e. The molecule has 1 aromatic heterocycles. The van der Waals surface area contributed by atoms with Crippen LogP contribution in [0.1, 0.15) is 40.2 Å². The highest BCUT2D eigenvalue weighted by atomic mass is 32.1. The zero-order valence-corrected chi connectivity index (χ0v) is 13.1. The van der Waals surface area contributed by atoms with Crippen molar-refractivity contribution in [1.82, 2.24) is 10.2 Å². The Hall–Kier alpha value is -0.380. The molecular weight excluding hydrogens is 240 g/mol. The summed E-state index contributed by atoms with van der Waals surface area (Å²) in [4.78, 5) is 2.65. The van der Waals surface area contributed by atoms with Gasteiger partial charge in [0.25, 0.3) is 0 Å². The second-order valence-corrected chi connectivity index (χ2v) is 7.96. The lowest BCUT2D eigenvalue weighted by Gasteiger charge is -2.49. The van der Waals surface area contributed by atoms with Crippen molar-refractivity contribution in [2.45, 2.75) is 52.7 Å². The smallest absolute Gasteiger partial charge is 0.0273 e. The number of hydrogen-bond donors (Lipinski definition) is 1. The predicted octanol–water partition coefficient (Wildman–Crippen LogP) is 3.35. The Bertz CT molecular complexity index is 376. The van der Waals surface area contributed by atoms with Crippen LogP contribution in [-0.4, -0.2) is 29.6 Å². The molecule has 0 radical (unpaired) electrons. The molecule has 1 saturated heterocycles. The van der Waals surface area contributed by atoms with Crippen LogP contribution in [0.15, 0.2) is 16.8 Å². The number of nitrogens with one attached hydrogen (secondary N) is 1. The first-order valence-electron chi connectivity index (χ1n) is 6.78. The van der Waals surface area contributed by atoms with Gasteiger partial charge in [-0.25, -0.2) is 0 Å². The average Bonchev–Trinajstić information content (AvgIpc) is 2.66. The van der Waals surface area contributed by atoms with E-state index in [-0.39, 0.29) is 5.54 Å². The van der Waals surface area contributed by atoms with E-state index in [9.17, 15) is 0 Å². The van der Waals surface area contributed by atoms with Crippen LogP contribution in [0, 0.1) is 5.41 Å². The molecule has 18 heavy (non-hydrogen) atoms. The molecule has 2 heterocycles. The molecule has 1 unspecified atom stereocenters. The second kappa shape index (κ2) is 4.95. The number of thiophene rings is 1. The molecule has 1 aliphatic rings. The maximum absolute atomic E-state index is 3.69. The van der Waals surface area contributed by atoms with Gasteiger partial charge < -0.3 is 5.32 Å². The Kier molecular flexibility index (Phi) is 3.86. The van der Waals surface area contributed by atoms with Crippen molar-refractivity contribution in [3.63, 3.8) is 0 Å². The molecule has 1 fully saturated rings. The lowest BCUT2D eigenvalue weighted by atomic mass is 9.82. The third kappa shape index (κ3) is 3.34. The first kappa shape index (κ1) is 14.0. The summed E-state index contributed by atoms with van der Waals surface area (Å²) >= 11 is 1.79. The summed E-state index contributed by atoms with van der Waals surface area (Å²) < 4.78 is 0. The number of rotatable bonds is 2. The molecule has 0 amide bonds. The molecule has 1 N–H and O–H groups in total. The van der Waals surface area contributed by atoms with Crippen molar-refractivity contribution in [3.05, 3.63) is 22.4 Å². The van der Waals surface area contributed by atoms with Gasteiger partial charge in [0, 0.05) is 31.2 Å². The van der Waals surface area contributed by atoms with Crippen LogP contribution in [0.3, 0.4) is 0 Å². The van der Waals surface area contributed by atoms with Gasteiger partial charge in [0.15, 0.2) is 0 Å². The van der Waals surface area contributed by atoms with Crippen molar-refractivity contribution < 1.29 is 0 Å². The zero-order valence-electron chi connectivity index (χ0n) is 12.3. The Labute approximate surface area is 115 Å². The molecule has 102 valence electrons. The molecule has 0 aromatic carbocycles. The normalized spacial score (nSPS) is 25.3. The zero-order chi connectivity index (χ0) is 13.4. The number of hydrogen-bond acceptors (Lipinski definition) is 3. The van der Waals surface area contributed by atoms with Crippen molar-refractivity contribution in [2.24, 2.45) is 5.41 Å². The summed E-state index contributed by atoms with van der Waals surface area (Å²) in [5.74, 6) is 0. The average molecular weight is 266 g/mol. The van der Waals surface area contributed by atoms with E-state index in [0.717, 1.165) is 19.6 Å². The van der Waals surface area contributed by atoms with Crippen molar-refractivity contribution in [3.8, 4) is 0 Å². The second-order valence-electron chi connectivity index (χ2n) is 7.18. The van der Waals surface area contributed by atoms with Gasteiger partial charge >= 0.3 is 0 Å². The van der Waals surface area contributed by atoms with Gasteiger partial charge in [-0.15, -0.1) is 0 Å². The van der Waals surface area contributed by atoms with E-state index >= 15 is 0 Å². The first-order chi connectivity index (χ1) is 8.28. The van der Waals surface area contributed by atoms with Gasteiger partial charge in [0.2, 0.25) is 0 Å². The molecule has 0 aliphatic carbocycles. The van der Waals surface area contributed by atoms with Gasteiger partial charge in [-0.2, -0.15) is 11.3 Å². The summed E-state index contributed by atoms with van der Waals surface area (Å²) in [6.45, 7) is 14.9. The monoisotopic (exact) mass is 266 g/mol. The summed E-state index contributed by atoms with van der Waals surface area (Å²) in [6.07, 6.45) is 0. The lowest BCUT2D eigenvalue weighted by Crippen LogP contribution is -2.64. The minimum atomic E-state index is 0.220. The Morgan fingerprint density at radius 1 is 1.44 bits per heavy atom. The summed E-state index contributed by atoms with van der Waals surface area (Å²) in [7, 11) is 0. The SMILES string of the molecule is CC1(C)CN(Cc2ccsc2)C(C(C)(C)C)CN1. The van der Waals surface area contributed by atoms with E-state index in [2.05, 4.69) is 61.7 Å². The van der Waals surface area contributed by atoms with E-state index in [1.165, 1.54) is 5.56 Å². The third-order valence-corrected chi connectivity index (χ3v) is 4.51. The summed E-state index contributed by atoms with van der Waals surface area (Å²) in [5.41, 5.74) is 1.99. The van der Waals surface area contributed by atoms with Gasteiger partial charge in [-0.3, -0.25) is 4.90 Å². The van der Waals surface area contributed by atoms with Gasteiger partial charge in [-0.1, -0.05) is 20.8 Å². The van der Waals surface area contributed by atoms with Crippen LogP contribution in [0.5, 0.6) is 0 Å². The molecule has 1 atom stereocenters. The molecule has 0 saturated carbocycles. The topological polar surface area (TPSA) is 15.3 Å². The standard InChI is InChI=1S/C15H26N2S/c1-14(2,3)13-8-16-15(4,5)11-17(13)9-12-6-7-18-10-12/h6-7,10,13,16H,8-9,11H2,1-5H3. The van der Waals surface area contributed by atoms with Crippen LogP contribution >= 0.6 is 11.3 Å². The van der Waals surface area contributed by atoms with Crippen LogP contribution in [-0.2, 0) is 6.54 Å². The third-order valence-electron chi connectivity index (χ3n) is 3.78.